The molecule has 1 aliphatic carbocycles. The van der Waals surface area contributed by atoms with Gasteiger partial charge in [0, 0.05) is 0 Å². The maximum absolute atomic E-state index is 8.62. The summed E-state index contributed by atoms with van der Waals surface area (Å²) in [4.78, 5) is 1.81. The van der Waals surface area contributed by atoms with Gasteiger partial charge in [-0.15, -0.1) is 0 Å². The van der Waals surface area contributed by atoms with E-state index in [1.165, 1.54) is 11.8 Å². The Morgan fingerprint density at radius 3 is 2.92 bits per heavy atom. The van der Waals surface area contributed by atoms with Crippen LogP contribution in [0.3, 0.4) is 0 Å². The lowest BCUT2D eigenvalue weighted by atomic mass is 10.0. The molecule has 0 spiro atoms. The van der Waals surface area contributed by atoms with Crippen molar-refractivity contribution in [2.45, 2.75) is 11.2 Å². The van der Waals surface area contributed by atoms with Gasteiger partial charge in [0.15, 0.2) is 0 Å². The summed E-state index contributed by atoms with van der Waals surface area (Å²) in [7, 11) is 0. The van der Waals surface area contributed by atoms with Gasteiger partial charge in [-0.3, -0.25) is 0 Å². The Hall–Kier alpha value is -0.460. The van der Waals surface area contributed by atoms with Crippen LogP contribution in [0.1, 0.15) is 6.42 Å². The number of hydrogen-bond donors (Lipinski definition) is 0. The maximum atomic E-state index is 8.62. The fraction of sp³-hybridized carbons (Fsp3) is 0.222. The third kappa shape index (κ3) is 2.26. The standard InChI is InChI=1S/C9H8BrNS/c10-7-6-9(12-8-11)4-2-1-3-5-9/h1-4,6-7H,5H2/b7-6-. The van der Waals surface area contributed by atoms with Crippen molar-refractivity contribution in [2.24, 2.45) is 0 Å². The van der Waals surface area contributed by atoms with E-state index in [1.54, 1.807) is 4.99 Å². The second kappa shape index (κ2) is 4.54. The number of hydrogen-bond acceptors (Lipinski definition) is 2. The van der Waals surface area contributed by atoms with Crippen LogP contribution in [0.2, 0.25) is 0 Å². The van der Waals surface area contributed by atoms with Crippen molar-refractivity contribution in [3.05, 3.63) is 35.4 Å². The molecule has 0 aromatic heterocycles. The van der Waals surface area contributed by atoms with Gasteiger partial charge in [0.1, 0.15) is 5.40 Å². The van der Waals surface area contributed by atoms with Crippen molar-refractivity contribution >= 4 is 27.7 Å². The van der Waals surface area contributed by atoms with E-state index in [9.17, 15) is 0 Å². The molecule has 0 amide bonds. The summed E-state index contributed by atoms with van der Waals surface area (Å²) >= 11 is 4.50. The lowest BCUT2D eigenvalue weighted by Gasteiger charge is -2.22. The fourth-order valence-corrected chi connectivity index (χ4v) is 2.32. The van der Waals surface area contributed by atoms with Gasteiger partial charge < -0.3 is 0 Å². The summed E-state index contributed by atoms with van der Waals surface area (Å²) in [5, 5.41) is 10.7. The lowest BCUT2D eigenvalue weighted by Crippen LogP contribution is -2.17. The molecule has 0 aromatic rings. The summed E-state index contributed by atoms with van der Waals surface area (Å²) in [6.45, 7) is 0. The molecule has 3 heteroatoms. The summed E-state index contributed by atoms with van der Waals surface area (Å²) in [6, 6.07) is 0. The van der Waals surface area contributed by atoms with Crippen molar-refractivity contribution in [1.82, 2.24) is 0 Å². The number of nitrogens with zero attached hydrogens (tertiary/aromatic N) is 1. The number of thioether (sulfide) groups is 1. The van der Waals surface area contributed by atoms with Gasteiger partial charge in [-0.2, -0.15) is 5.26 Å². The van der Waals surface area contributed by atoms with E-state index in [0.29, 0.717) is 0 Å². The molecule has 62 valence electrons. The minimum absolute atomic E-state index is 0.160. The molecule has 1 unspecified atom stereocenters. The Kier molecular flexibility index (Phi) is 3.64. The number of allylic oxidation sites excluding steroid dienone is 3. The molecule has 1 rings (SSSR count). The quantitative estimate of drug-likeness (QED) is 0.693. The van der Waals surface area contributed by atoms with E-state index < -0.39 is 0 Å². The van der Waals surface area contributed by atoms with Crippen molar-refractivity contribution in [3.63, 3.8) is 0 Å². The first-order chi connectivity index (χ1) is 5.83. The first-order valence-corrected chi connectivity index (χ1v) is 5.25. The van der Waals surface area contributed by atoms with Crippen molar-refractivity contribution in [1.29, 1.82) is 5.26 Å². The van der Waals surface area contributed by atoms with Crippen LogP contribution < -0.4 is 0 Å². The molecular formula is C9H8BrNS. The molecule has 12 heavy (non-hydrogen) atoms. The Morgan fingerprint density at radius 2 is 2.42 bits per heavy atom. The van der Waals surface area contributed by atoms with Crippen LogP contribution in [0, 0.1) is 10.7 Å². The van der Waals surface area contributed by atoms with E-state index in [1.807, 2.05) is 24.3 Å². The van der Waals surface area contributed by atoms with Gasteiger partial charge in [-0.1, -0.05) is 46.3 Å². The summed E-state index contributed by atoms with van der Waals surface area (Å²) in [5.74, 6) is 0. The number of thiocyanates is 1. The first kappa shape index (κ1) is 9.63. The molecule has 0 aliphatic heterocycles. The lowest BCUT2D eigenvalue weighted by molar-refractivity contribution is 0.887. The SMILES string of the molecule is N#CSC1(/C=C\Br)C=CC=CC1. The van der Waals surface area contributed by atoms with E-state index in [4.69, 9.17) is 5.26 Å². The molecule has 0 saturated heterocycles. The van der Waals surface area contributed by atoms with Crippen molar-refractivity contribution < 1.29 is 0 Å². The molecule has 1 nitrogen and oxygen atoms in total. The number of rotatable bonds is 2. The maximum Gasteiger partial charge on any atom is 0.134 e. The molecule has 0 N–H and O–H groups in total. The first-order valence-electron chi connectivity index (χ1n) is 3.52. The predicted octanol–water partition coefficient (Wildman–Crippen LogP) is 3.36. The molecule has 1 aliphatic rings. The zero-order chi connectivity index (χ0) is 8.86. The van der Waals surface area contributed by atoms with Gasteiger partial charge in [0.2, 0.25) is 0 Å². The second-order valence-electron chi connectivity index (χ2n) is 2.43. The van der Waals surface area contributed by atoms with Crippen LogP contribution in [-0.4, -0.2) is 4.75 Å². The van der Waals surface area contributed by atoms with Gasteiger partial charge >= 0.3 is 0 Å². The largest absolute Gasteiger partial charge is 0.185 e. The Labute approximate surface area is 85.0 Å². The summed E-state index contributed by atoms with van der Waals surface area (Å²) in [6.07, 6.45) is 10.9. The minimum Gasteiger partial charge on any atom is -0.185 e. The Balaban J connectivity index is 2.81. The molecule has 0 fully saturated rings. The highest BCUT2D eigenvalue weighted by Gasteiger charge is 2.24. The molecule has 1 atom stereocenters. The van der Waals surface area contributed by atoms with Crippen molar-refractivity contribution in [3.8, 4) is 5.40 Å². The molecule has 0 aromatic carbocycles. The second-order valence-corrected chi connectivity index (χ2v) is 4.11. The molecule has 0 bridgehead atoms. The highest BCUT2D eigenvalue weighted by Crippen LogP contribution is 2.34. The topological polar surface area (TPSA) is 23.8 Å². The van der Waals surface area contributed by atoms with Gasteiger partial charge in [0.05, 0.1) is 4.75 Å². The zero-order valence-electron chi connectivity index (χ0n) is 6.40. The van der Waals surface area contributed by atoms with Crippen LogP contribution in [0.25, 0.3) is 0 Å². The number of halogens is 1. The number of nitriles is 1. The third-order valence-electron chi connectivity index (χ3n) is 1.64. The highest BCUT2D eigenvalue weighted by molar-refractivity contribution is 9.11. The normalized spacial score (nSPS) is 27.7. The third-order valence-corrected chi connectivity index (χ3v) is 2.82. The van der Waals surface area contributed by atoms with Crippen molar-refractivity contribution in [2.75, 3.05) is 0 Å². The van der Waals surface area contributed by atoms with E-state index in [-0.39, 0.29) is 4.75 Å². The van der Waals surface area contributed by atoms with Crippen LogP contribution >= 0.6 is 27.7 Å². The van der Waals surface area contributed by atoms with Crippen LogP contribution in [0.15, 0.2) is 35.4 Å². The fourth-order valence-electron chi connectivity index (χ4n) is 1.04. The highest BCUT2D eigenvalue weighted by atomic mass is 79.9. The molecule has 0 radical (unpaired) electrons. The molecule has 0 heterocycles. The smallest absolute Gasteiger partial charge is 0.134 e. The summed E-state index contributed by atoms with van der Waals surface area (Å²) in [5.41, 5.74) is 0. The molecule has 0 saturated carbocycles. The van der Waals surface area contributed by atoms with Gasteiger partial charge in [-0.25, -0.2) is 0 Å². The minimum atomic E-state index is -0.160. The van der Waals surface area contributed by atoms with E-state index >= 15 is 0 Å². The monoisotopic (exact) mass is 241 g/mol. The zero-order valence-corrected chi connectivity index (χ0v) is 8.81. The Bertz CT molecular complexity index is 275. The average Bonchev–Trinajstić information content (AvgIpc) is 2.07. The van der Waals surface area contributed by atoms with Crippen LogP contribution in [-0.2, 0) is 0 Å². The van der Waals surface area contributed by atoms with Crippen LogP contribution in [0.5, 0.6) is 0 Å². The van der Waals surface area contributed by atoms with Gasteiger partial charge in [0.25, 0.3) is 0 Å². The predicted molar refractivity (Wildman–Crippen MR) is 56.9 cm³/mol. The van der Waals surface area contributed by atoms with Gasteiger partial charge in [-0.05, 0) is 23.2 Å². The van der Waals surface area contributed by atoms with Crippen LogP contribution in [0.4, 0.5) is 0 Å². The van der Waals surface area contributed by atoms with E-state index in [0.717, 1.165) is 6.42 Å². The molecular weight excluding hydrogens is 234 g/mol. The van der Waals surface area contributed by atoms with E-state index in [2.05, 4.69) is 27.4 Å². The average molecular weight is 242 g/mol. The Morgan fingerprint density at radius 1 is 1.58 bits per heavy atom. The summed E-state index contributed by atoms with van der Waals surface area (Å²) < 4.78 is -0.160.